The van der Waals surface area contributed by atoms with E-state index in [4.69, 9.17) is 11.6 Å². The molecule has 3 fully saturated rings. The van der Waals surface area contributed by atoms with Gasteiger partial charge >= 0.3 is 0 Å². The van der Waals surface area contributed by atoms with Gasteiger partial charge in [0.1, 0.15) is 6.04 Å². The van der Waals surface area contributed by atoms with Crippen molar-refractivity contribution in [3.8, 4) is 0 Å². The molecule has 1 spiro atoms. The fraction of sp³-hybridized carbons (Fsp3) is 0.594. The highest BCUT2D eigenvalue weighted by Crippen LogP contribution is 2.69. The number of amides is 3. The highest BCUT2D eigenvalue weighted by atomic mass is 35.5. The lowest BCUT2D eigenvalue weighted by atomic mass is 9.65. The Morgan fingerprint density at radius 1 is 1.20 bits per heavy atom. The molecule has 1 N–H and O–H groups in total. The molecule has 4 rings (SSSR count). The Morgan fingerprint density at radius 2 is 1.93 bits per heavy atom. The van der Waals surface area contributed by atoms with Gasteiger partial charge in [-0.15, -0.1) is 24.9 Å². The van der Waals surface area contributed by atoms with Gasteiger partial charge in [0, 0.05) is 38.0 Å². The van der Waals surface area contributed by atoms with E-state index in [-0.39, 0.29) is 42.0 Å². The van der Waals surface area contributed by atoms with Crippen molar-refractivity contribution in [3.63, 3.8) is 0 Å². The number of unbranched alkanes of at least 4 members (excludes halogenated alkanes) is 2. The summed E-state index contributed by atoms with van der Waals surface area (Å²) in [7, 11) is 0. The molecule has 2 bridgehead atoms. The van der Waals surface area contributed by atoms with E-state index in [1.54, 1.807) is 39.8 Å². The van der Waals surface area contributed by atoms with Crippen molar-refractivity contribution < 1.29 is 19.5 Å². The molecule has 0 aromatic heterocycles. The van der Waals surface area contributed by atoms with Crippen LogP contribution in [0.3, 0.4) is 0 Å². The average Bonchev–Trinajstić information content (AvgIpc) is 3.53. The average molecular weight is 602 g/mol. The molecule has 3 amide bonds. The van der Waals surface area contributed by atoms with Gasteiger partial charge in [0.25, 0.3) is 5.91 Å². The van der Waals surface area contributed by atoms with Crippen LogP contribution in [0.2, 0.25) is 5.02 Å². The molecule has 1 aromatic carbocycles. The van der Waals surface area contributed by atoms with Crippen LogP contribution in [-0.2, 0) is 14.4 Å². The third-order valence-electron chi connectivity index (χ3n) is 9.01. The number of halogens is 1. The molecule has 1 aromatic rings. The molecule has 0 saturated carbocycles. The molecule has 6 atom stereocenters. The number of thioether (sulfide) groups is 1. The lowest BCUT2D eigenvalue weighted by Crippen LogP contribution is -2.58. The number of hydrogen-bond acceptors (Lipinski definition) is 5. The third-order valence-corrected chi connectivity index (χ3v) is 11.4. The summed E-state index contributed by atoms with van der Waals surface area (Å²) in [6.07, 6.45) is 7.08. The van der Waals surface area contributed by atoms with E-state index < -0.39 is 22.6 Å². The van der Waals surface area contributed by atoms with Gasteiger partial charge in [0.15, 0.2) is 0 Å². The molecule has 224 valence electrons. The Kier molecular flexibility index (Phi) is 10.3. The molecule has 7 nitrogen and oxygen atoms in total. The second-order valence-electron chi connectivity index (χ2n) is 11.6. The fourth-order valence-corrected chi connectivity index (χ4v) is 10.1. The molecule has 0 radical (unpaired) electrons. The number of benzene rings is 1. The maximum Gasteiger partial charge on any atom is 0.251 e. The van der Waals surface area contributed by atoms with Gasteiger partial charge in [0.2, 0.25) is 11.8 Å². The zero-order chi connectivity index (χ0) is 29.9. The van der Waals surface area contributed by atoms with Crippen molar-refractivity contribution in [2.45, 2.75) is 68.9 Å². The van der Waals surface area contributed by atoms with Gasteiger partial charge in [-0.3, -0.25) is 14.4 Å². The Hall–Kier alpha value is -2.29. The lowest BCUT2D eigenvalue weighted by molar-refractivity contribution is -0.144. The summed E-state index contributed by atoms with van der Waals surface area (Å²) in [4.78, 5) is 48.6. The minimum atomic E-state index is -0.730. The molecule has 3 saturated heterocycles. The molecule has 3 heterocycles. The van der Waals surface area contributed by atoms with Crippen molar-refractivity contribution in [2.75, 3.05) is 37.7 Å². The summed E-state index contributed by atoms with van der Waals surface area (Å²) < 4.78 is -0.712. The highest BCUT2D eigenvalue weighted by molar-refractivity contribution is 8.02. The number of anilines is 1. The number of carbonyl (C=O) groups is 3. The third kappa shape index (κ3) is 5.48. The topological polar surface area (TPSA) is 81.2 Å². The van der Waals surface area contributed by atoms with E-state index in [1.807, 2.05) is 30.9 Å². The standard InChI is InChI=1S/C32H44ClN3O4S/c1-6-15-34(16-7-2)29(38)25-24-20-22(5)32(41-24)26(25)30(39)36(18-10-9-11-19-37)28(32)31(40)35(17-8-3)27-21(4)13-12-14-23(27)33/h6,8,12-14,22,24-26,28,37H,1,3,7,9-11,15-20H2,2,4-5H3/t22?,24-,25+,26+,28?,32?/m1/s1. The quantitative estimate of drug-likeness (QED) is 0.237. The Morgan fingerprint density at radius 3 is 2.56 bits per heavy atom. The van der Waals surface area contributed by atoms with Crippen molar-refractivity contribution in [3.05, 3.63) is 54.1 Å². The van der Waals surface area contributed by atoms with Crippen LogP contribution in [0.25, 0.3) is 0 Å². The Bertz CT molecular complexity index is 1160. The number of carbonyl (C=O) groups excluding carboxylic acids is 3. The first-order valence-corrected chi connectivity index (χ1v) is 16.1. The summed E-state index contributed by atoms with van der Waals surface area (Å²) in [6.45, 7) is 15.6. The Labute approximate surface area is 254 Å². The normalized spacial score (nSPS) is 28.1. The van der Waals surface area contributed by atoms with Crippen molar-refractivity contribution in [1.82, 2.24) is 9.80 Å². The molecular weight excluding hydrogens is 558 g/mol. The van der Waals surface area contributed by atoms with Gasteiger partial charge < -0.3 is 19.8 Å². The number of likely N-dealkylation sites (tertiary alicyclic amines) is 1. The van der Waals surface area contributed by atoms with Crippen LogP contribution in [0.15, 0.2) is 43.5 Å². The van der Waals surface area contributed by atoms with Crippen LogP contribution in [-0.4, -0.2) is 81.5 Å². The highest BCUT2D eigenvalue weighted by Gasteiger charge is 2.76. The predicted molar refractivity (Wildman–Crippen MR) is 167 cm³/mol. The number of hydrogen-bond donors (Lipinski definition) is 1. The molecule has 0 aliphatic carbocycles. The number of fused-ring (bicyclic) bond motifs is 1. The largest absolute Gasteiger partial charge is 0.396 e. The number of nitrogens with zero attached hydrogens (tertiary/aromatic N) is 3. The summed E-state index contributed by atoms with van der Waals surface area (Å²) >= 11 is 8.37. The second kappa shape index (κ2) is 13.3. The minimum Gasteiger partial charge on any atom is -0.396 e. The summed E-state index contributed by atoms with van der Waals surface area (Å²) in [5.74, 6) is -1.25. The monoisotopic (exact) mass is 601 g/mol. The zero-order valence-corrected chi connectivity index (χ0v) is 26.1. The van der Waals surface area contributed by atoms with Crippen LogP contribution in [0, 0.1) is 24.7 Å². The van der Waals surface area contributed by atoms with Gasteiger partial charge in [-0.2, -0.15) is 0 Å². The first-order valence-electron chi connectivity index (χ1n) is 14.9. The van der Waals surface area contributed by atoms with Crippen LogP contribution in [0.4, 0.5) is 5.69 Å². The molecule has 3 aliphatic heterocycles. The van der Waals surface area contributed by atoms with E-state index in [1.165, 1.54) is 0 Å². The first-order chi connectivity index (χ1) is 19.7. The maximum atomic E-state index is 14.8. The van der Waals surface area contributed by atoms with E-state index >= 15 is 0 Å². The summed E-state index contributed by atoms with van der Waals surface area (Å²) in [6, 6.07) is 4.83. The molecule has 3 unspecified atom stereocenters. The number of aliphatic hydroxyl groups excluding tert-OH is 1. The minimum absolute atomic E-state index is 0.00500. The summed E-state index contributed by atoms with van der Waals surface area (Å²) in [5, 5.41) is 9.78. The molecular formula is C32H44ClN3O4S. The van der Waals surface area contributed by atoms with Crippen molar-refractivity contribution in [1.29, 1.82) is 0 Å². The van der Waals surface area contributed by atoms with E-state index in [0.717, 1.165) is 24.8 Å². The van der Waals surface area contributed by atoms with E-state index in [2.05, 4.69) is 20.1 Å². The Balaban J connectivity index is 1.80. The lowest BCUT2D eigenvalue weighted by Gasteiger charge is -2.41. The van der Waals surface area contributed by atoms with Crippen LogP contribution < -0.4 is 4.90 Å². The molecule has 3 aliphatic rings. The number of aliphatic hydroxyl groups is 1. The number of para-hydroxylation sites is 1. The first kappa shape index (κ1) is 31.6. The molecule has 9 heteroatoms. The van der Waals surface area contributed by atoms with E-state index in [0.29, 0.717) is 43.2 Å². The zero-order valence-electron chi connectivity index (χ0n) is 24.6. The fourth-order valence-electron chi connectivity index (χ4n) is 7.35. The maximum absolute atomic E-state index is 14.8. The summed E-state index contributed by atoms with van der Waals surface area (Å²) in [5.41, 5.74) is 1.49. The predicted octanol–water partition coefficient (Wildman–Crippen LogP) is 5.09. The number of aryl methyl sites for hydroxylation is 1. The van der Waals surface area contributed by atoms with Gasteiger partial charge in [0.05, 0.1) is 27.3 Å². The van der Waals surface area contributed by atoms with Crippen molar-refractivity contribution in [2.24, 2.45) is 17.8 Å². The van der Waals surface area contributed by atoms with E-state index in [9.17, 15) is 19.5 Å². The van der Waals surface area contributed by atoms with Crippen LogP contribution in [0.1, 0.15) is 51.5 Å². The van der Waals surface area contributed by atoms with Gasteiger partial charge in [-0.05, 0) is 56.6 Å². The van der Waals surface area contributed by atoms with Gasteiger partial charge in [-0.25, -0.2) is 0 Å². The van der Waals surface area contributed by atoms with Crippen LogP contribution in [0.5, 0.6) is 0 Å². The number of rotatable bonds is 14. The SMILES string of the molecule is C=CCN(CCC)C(=O)[C@@H]1[C@H]2C(=O)N(CCCCCO)C(C(=O)N(CC=C)c3c(C)cccc3Cl)C23S[C@@H]1CC3C. The van der Waals surface area contributed by atoms with Crippen molar-refractivity contribution >= 4 is 46.8 Å². The molecule has 41 heavy (non-hydrogen) atoms. The second-order valence-corrected chi connectivity index (χ2v) is 13.5. The smallest absolute Gasteiger partial charge is 0.251 e. The van der Waals surface area contributed by atoms with Gasteiger partial charge in [-0.1, -0.05) is 49.7 Å². The van der Waals surface area contributed by atoms with Crippen LogP contribution >= 0.6 is 23.4 Å².